The van der Waals surface area contributed by atoms with E-state index in [9.17, 15) is 0 Å². The molecule has 96 valence electrons. The average Bonchev–Trinajstić information content (AvgIpc) is 2.24. The molecule has 1 heterocycles. The first-order chi connectivity index (χ1) is 7.51. The van der Waals surface area contributed by atoms with Crippen LogP contribution < -0.4 is 5.32 Å². The van der Waals surface area contributed by atoms with Crippen LogP contribution in [-0.2, 0) is 0 Å². The molecule has 0 aliphatic carbocycles. The largest absolute Gasteiger partial charge is 0.396 e. The zero-order valence-corrected chi connectivity index (χ0v) is 11.1. The minimum absolute atomic E-state index is 0.240. The number of aliphatic hydroxyl groups excluding tert-OH is 1. The van der Waals surface area contributed by atoms with Crippen LogP contribution in [0.4, 0.5) is 0 Å². The van der Waals surface area contributed by atoms with E-state index in [1.807, 2.05) is 0 Å². The summed E-state index contributed by atoms with van der Waals surface area (Å²) < 4.78 is 0. The van der Waals surface area contributed by atoms with Crippen LogP contribution in [-0.4, -0.2) is 48.3 Å². The molecule has 0 aromatic carbocycles. The first kappa shape index (κ1) is 13.9. The second kappa shape index (κ2) is 6.58. The number of likely N-dealkylation sites (tertiary alicyclic amines) is 1. The van der Waals surface area contributed by atoms with E-state index >= 15 is 0 Å². The summed E-state index contributed by atoms with van der Waals surface area (Å²) in [6, 6.07) is 0. The number of piperidine rings is 1. The van der Waals surface area contributed by atoms with Gasteiger partial charge in [-0.3, -0.25) is 0 Å². The maximum Gasteiger partial charge on any atom is 0.0460 e. The molecule has 2 N–H and O–H groups in total. The van der Waals surface area contributed by atoms with Gasteiger partial charge in [0.25, 0.3) is 0 Å². The number of nitrogens with one attached hydrogen (secondary N) is 1. The molecule has 0 bridgehead atoms. The minimum atomic E-state index is 0.240. The fourth-order valence-corrected chi connectivity index (χ4v) is 2.16. The zero-order chi connectivity index (χ0) is 12.0. The molecule has 1 rings (SSSR count). The van der Waals surface area contributed by atoms with Gasteiger partial charge in [-0.05, 0) is 72.1 Å². The average molecular weight is 228 g/mol. The van der Waals surface area contributed by atoms with Crippen LogP contribution >= 0.6 is 0 Å². The highest BCUT2D eigenvalue weighted by atomic mass is 16.3. The lowest BCUT2D eigenvalue weighted by Gasteiger charge is -2.31. The van der Waals surface area contributed by atoms with E-state index in [0.29, 0.717) is 12.5 Å². The van der Waals surface area contributed by atoms with Gasteiger partial charge in [0.15, 0.2) is 0 Å². The summed E-state index contributed by atoms with van der Waals surface area (Å²) in [7, 11) is 0. The highest BCUT2D eigenvalue weighted by Crippen LogP contribution is 2.16. The Labute approximate surface area is 100 Å². The van der Waals surface area contributed by atoms with Crippen LogP contribution in [0.1, 0.15) is 40.0 Å². The van der Waals surface area contributed by atoms with Gasteiger partial charge >= 0.3 is 0 Å². The lowest BCUT2D eigenvalue weighted by molar-refractivity contribution is 0.130. The van der Waals surface area contributed by atoms with Crippen molar-refractivity contribution >= 4 is 0 Å². The van der Waals surface area contributed by atoms with Gasteiger partial charge in [0.2, 0.25) is 0 Å². The minimum Gasteiger partial charge on any atom is -0.396 e. The van der Waals surface area contributed by atoms with E-state index < -0.39 is 0 Å². The van der Waals surface area contributed by atoms with Crippen LogP contribution in [0.3, 0.4) is 0 Å². The summed E-state index contributed by atoms with van der Waals surface area (Å²) in [5.41, 5.74) is 0.240. The molecule has 0 saturated carbocycles. The monoisotopic (exact) mass is 228 g/mol. The van der Waals surface area contributed by atoms with Crippen molar-refractivity contribution in [2.75, 3.05) is 32.8 Å². The van der Waals surface area contributed by atoms with Gasteiger partial charge in [-0.25, -0.2) is 0 Å². The number of rotatable bonds is 5. The van der Waals surface area contributed by atoms with Crippen LogP contribution in [0.2, 0.25) is 0 Å². The quantitative estimate of drug-likeness (QED) is 0.700. The lowest BCUT2D eigenvalue weighted by Crippen LogP contribution is -2.39. The lowest BCUT2D eigenvalue weighted by atomic mass is 9.98. The fourth-order valence-electron chi connectivity index (χ4n) is 2.16. The molecule has 16 heavy (non-hydrogen) atoms. The van der Waals surface area contributed by atoms with Gasteiger partial charge in [0.1, 0.15) is 0 Å². The fraction of sp³-hybridized carbons (Fsp3) is 1.00. The van der Waals surface area contributed by atoms with Gasteiger partial charge in [0, 0.05) is 12.1 Å². The van der Waals surface area contributed by atoms with E-state index in [-0.39, 0.29) is 5.54 Å². The summed E-state index contributed by atoms with van der Waals surface area (Å²) in [5.74, 6) is 0.559. The van der Waals surface area contributed by atoms with Crippen LogP contribution in [0.25, 0.3) is 0 Å². The first-order valence-electron chi connectivity index (χ1n) is 6.59. The number of hydrogen-bond donors (Lipinski definition) is 2. The predicted octanol–water partition coefficient (Wildman–Crippen LogP) is 1.47. The molecule has 0 aromatic rings. The Bertz CT molecular complexity index is 181. The molecule has 0 spiro atoms. The third kappa shape index (κ3) is 5.83. The molecule has 1 fully saturated rings. The van der Waals surface area contributed by atoms with E-state index in [1.165, 1.54) is 38.9 Å². The normalized spacial score (nSPS) is 20.2. The molecule has 0 amide bonds. The van der Waals surface area contributed by atoms with Gasteiger partial charge < -0.3 is 15.3 Å². The number of nitrogens with zero attached hydrogens (tertiary/aromatic N) is 1. The third-order valence-corrected chi connectivity index (χ3v) is 3.27. The van der Waals surface area contributed by atoms with E-state index in [2.05, 4.69) is 31.0 Å². The highest BCUT2D eigenvalue weighted by molar-refractivity contribution is 4.73. The van der Waals surface area contributed by atoms with Gasteiger partial charge in [0.05, 0.1) is 0 Å². The van der Waals surface area contributed by atoms with Gasteiger partial charge in [-0.2, -0.15) is 0 Å². The molecule has 0 aromatic heterocycles. The van der Waals surface area contributed by atoms with Crippen molar-refractivity contribution in [3.05, 3.63) is 0 Å². The molecule has 3 heteroatoms. The summed E-state index contributed by atoms with van der Waals surface area (Å²) >= 11 is 0. The first-order valence-corrected chi connectivity index (χ1v) is 6.59. The Morgan fingerprint density at radius 2 is 1.88 bits per heavy atom. The molecule has 0 unspecified atom stereocenters. The van der Waals surface area contributed by atoms with Crippen molar-refractivity contribution < 1.29 is 5.11 Å². The topological polar surface area (TPSA) is 35.5 Å². The standard InChI is InChI=1S/C13H28N2O/c1-13(2,3)14-7-4-8-15-9-5-12(11-16)6-10-15/h12,14,16H,4-11H2,1-3H3. The molecule has 3 nitrogen and oxygen atoms in total. The molecular weight excluding hydrogens is 200 g/mol. The molecule has 0 radical (unpaired) electrons. The maximum atomic E-state index is 9.05. The van der Waals surface area contributed by atoms with Crippen LogP contribution in [0, 0.1) is 5.92 Å². The molecular formula is C13H28N2O. The van der Waals surface area contributed by atoms with E-state index in [0.717, 1.165) is 6.54 Å². The van der Waals surface area contributed by atoms with Crippen molar-refractivity contribution in [1.82, 2.24) is 10.2 Å². The molecule has 0 atom stereocenters. The van der Waals surface area contributed by atoms with Gasteiger partial charge in [-0.1, -0.05) is 0 Å². The molecule has 1 saturated heterocycles. The second-order valence-corrected chi connectivity index (χ2v) is 6.00. The summed E-state index contributed by atoms with van der Waals surface area (Å²) in [6.45, 7) is 11.6. The van der Waals surface area contributed by atoms with Gasteiger partial charge in [-0.15, -0.1) is 0 Å². The summed E-state index contributed by atoms with van der Waals surface area (Å²) in [6.07, 6.45) is 3.56. The predicted molar refractivity (Wildman–Crippen MR) is 68.6 cm³/mol. The Morgan fingerprint density at radius 1 is 1.25 bits per heavy atom. The molecule has 1 aliphatic heterocycles. The Morgan fingerprint density at radius 3 is 2.38 bits per heavy atom. The summed E-state index contributed by atoms with van der Waals surface area (Å²) in [4.78, 5) is 2.52. The molecule has 1 aliphatic rings. The van der Waals surface area contributed by atoms with Crippen LogP contribution in [0.15, 0.2) is 0 Å². The van der Waals surface area contributed by atoms with Crippen molar-refractivity contribution in [2.45, 2.75) is 45.6 Å². The zero-order valence-electron chi connectivity index (χ0n) is 11.1. The van der Waals surface area contributed by atoms with Crippen molar-refractivity contribution in [1.29, 1.82) is 0 Å². The van der Waals surface area contributed by atoms with E-state index in [4.69, 9.17) is 5.11 Å². The SMILES string of the molecule is CC(C)(C)NCCCN1CCC(CO)CC1. The van der Waals surface area contributed by atoms with Crippen molar-refractivity contribution in [3.63, 3.8) is 0 Å². The summed E-state index contributed by atoms with van der Waals surface area (Å²) in [5, 5.41) is 12.6. The van der Waals surface area contributed by atoms with Crippen LogP contribution in [0.5, 0.6) is 0 Å². The Balaban J connectivity index is 2.02. The smallest absolute Gasteiger partial charge is 0.0460 e. The second-order valence-electron chi connectivity index (χ2n) is 6.00. The van der Waals surface area contributed by atoms with Crippen molar-refractivity contribution in [3.8, 4) is 0 Å². The maximum absolute atomic E-state index is 9.05. The van der Waals surface area contributed by atoms with Crippen molar-refractivity contribution in [2.24, 2.45) is 5.92 Å². The highest BCUT2D eigenvalue weighted by Gasteiger charge is 2.17. The van der Waals surface area contributed by atoms with E-state index in [1.54, 1.807) is 0 Å². The number of aliphatic hydroxyl groups is 1. The third-order valence-electron chi connectivity index (χ3n) is 3.27. The number of hydrogen-bond acceptors (Lipinski definition) is 3. The Hall–Kier alpha value is -0.120. The Kier molecular flexibility index (Phi) is 5.73.